The number of benzene rings is 3. The first-order valence-electron chi connectivity index (χ1n) is 11.7. The highest BCUT2D eigenvalue weighted by Gasteiger charge is 2.18. The molecule has 3 aromatic carbocycles. The Bertz CT molecular complexity index is 1370. The number of nitrogens with zero attached hydrogens (tertiary/aromatic N) is 1. The Labute approximate surface area is 211 Å². The van der Waals surface area contributed by atoms with Crippen molar-refractivity contribution in [3.8, 4) is 24.7 Å². The number of carbonyl (C=O) groups is 2. The minimum absolute atomic E-state index is 0.239. The van der Waals surface area contributed by atoms with Crippen molar-refractivity contribution in [2.24, 2.45) is 0 Å². The van der Waals surface area contributed by atoms with Gasteiger partial charge in [0.15, 0.2) is 0 Å². The summed E-state index contributed by atoms with van der Waals surface area (Å²) < 4.78 is 0. The van der Waals surface area contributed by atoms with Gasteiger partial charge in [-0.15, -0.1) is 12.8 Å². The summed E-state index contributed by atoms with van der Waals surface area (Å²) in [5.41, 5.74) is 3.54. The highest BCUT2D eigenvalue weighted by Crippen LogP contribution is 2.21. The summed E-state index contributed by atoms with van der Waals surface area (Å²) in [4.78, 5) is 28.1. The van der Waals surface area contributed by atoms with Gasteiger partial charge in [0, 0.05) is 41.0 Å². The Hall–Kier alpha value is -4.81. The van der Waals surface area contributed by atoms with Crippen molar-refractivity contribution in [1.29, 1.82) is 5.41 Å². The van der Waals surface area contributed by atoms with Crippen LogP contribution in [0.25, 0.3) is 0 Å². The molecule has 3 aromatic rings. The first-order chi connectivity index (χ1) is 17.5. The normalized spacial score (nSPS) is 12.7. The van der Waals surface area contributed by atoms with Crippen LogP contribution in [0.5, 0.6) is 0 Å². The van der Waals surface area contributed by atoms with Gasteiger partial charge in [0.1, 0.15) is 5.84 Å². The van der Waals surface area contributed by atoms with Gasteiger partial charge in [-0.25, -0.2) is 0 Å². The van der Waals surface area contributed by atoms with Crippen LogP contribution in [0.4, 0.5) is 11.4 Å². The third-order valence-electron chi connectivity index (χ3n) is 6.08. The van der Waals surface area contributed by atoms with Crippen molar-refractivity contribution >= 4 is 29.0 Å². The van der Waals surface area contributed by atoms with Gasteiger partial charge in [0.25, 0.3) is 11.8 Å². The van der Waals surface area contributed by atoms with Gasteiger partial charge in [0.05, 0.1) is 11.3 Å². The second-order valence-electron chi connectivity index (χ2n) is 8.51. The predicted octanol–water partition coefficient (Wildman–Crippen LogP) is 4.97. The molecule has 4 rings (SSSR count). The molecule has 1 saturated heterocycles. The first-order valence-corrected chi connectivity index (χ1v) is 11.7. The summed E-state index contributed by atoms with van der Waals surface area (Å²) in [6.07, 6.45) is 14.3. The molecule has 36 heavy (non-hydrogen) atoms. The van der Waals surface area contributed by atoms with E-state index < -0.39 is 5.91 Å². The molecule has 1 fully saturated rings. The number of piperidine rings is 1. The first kappa shape index (κ1) is 24.3. The van der Waals surface area contributed by atoms with Crippen molar-refractivity contribution in [3.63, 3.8) is 0 Å². The van der Waals surface area contributed by atoms with Crippen LogP contribution in [0, 0.1) is 30.1 Å². The zero-order chi connectivity index (χ0) is 25.5. The van der Waals surface area contributed by atoms with Crippen LogP contribution in [0.15, 0.2) is 66.7 Å². The highest BCUT2D eigenvalue weighted by atomic mass is 16.2. The Morgan fingerprint density at radius 2 is 1.36 bits per heavy atom. The van der Waals surface area contributed by atoms with E-state index in [-0.39, 0.29) is 11.5 Å². The maximum Gasteiger partial charge on any atom is 0.257 e. The lowest BCUT2D eigenvalue weighted by Crippen LogP contribution is -2.35. The number of likely N-dealkylation sites (tertiary alicyclic amines) is 1. The minimum atomic E-state index is -0.416. The molecular formula is C30H26N4O2. The summed E-state index contributed by atoms with van der Waals surface area (Å²) in [6.45, 7) is 1.77. The predicted molar refractivity (Wildman–Crippen MR) is 143 cm³/mol. The Kier molecular flexibility index (Phi) is 7.48. The lowest BCUT2D eigenvalue weighted by molar-refractivity contribution is 0.102. The Morgan fingerprint density at radius 3 is 2.00 bits per heavy atom. The zero-order valence-electron chi connectivity index (χ0n) is 19.8. The number of hydrogen-bond acceptors (Lipinski definition) is 3. The molecule has 1 heterocycles. The average Bonchev–Trinajstić information content (AvgIpc) is 2.93. The van der Waals surface area contributed by atoms with Crippen molar-refractivity contribution < 1.29 is 9.59 Å². The van der Waals surface area contributed by atoms with E-state index in [1.807, 2.05) is 0 Å². The monoisotopic (exact) mass is 474 g/mol. The third kappa shape index (κ3) is 5.63. The van der Waals surface area contributed by atoms with Crippen molar-refractivity contribution in [1.82, 2.24) is 4.90 Å². The van der Waals surface area contributed by atoms with E-state index in [9.17, 15) is 9.59 Å². The third-order valence-corrected chi connectivity index (χ3v) is 6.08. The van der Waals surface area contributed by atoms with Gasteiger partial charge in [-0.3, -0.25) is 15.0 Å². The van der Waals surface area contributed by atoms with E-state index in [2.05, 4.69) is 27.4 Å². The minimum Gasteiger partial charge on any atom is -0.357 e. The molecule has 1 aliphatic rings. The summed E-state index contributed by atoms with van der Waals surface area (Å²) in [5, 5.41) is 14.1. The van der Waals surface area contributed by atoms with E-state index in [4.69, 9.17) is 18.3 Å². The van der Waals surface area contributed by atoms with E-state index in [0.29, 0.717) is 33.9 Å². The van der Waals surface area contributed by atoms with Crippen molar-refractivity contribution in [2.75, 3.05) is 23.7 Å². The van der Waals surface area contributed by atoms with Crippen LogP contribution in [0.3, 0.4) is 0 Å². The zero-order valence-corrected chi connectivity index (χ0v) is 19.8. The number of amides is 2. The van der Waals surface area contributed by atoms with Gasteiger partial charge in [-0.05, 0) is 73.9 Å². The molecule has 2 amide bonds. The van der Waals surface area contributed by atoms with Gasteiger partial charge in [0.2, 0.25) is 0 Å². The van der Waals surface area contributed by atoms with Crippen LogP contribution < -0.4 is 10.6 Å². The topological polar surface area (TPSA) is 85.3 Å². The molecule has 1 aliphatic heterocycles. The second-order valence-corrected chi connectivity index (χ2v) is 8.51. The van der Waals surface area contributed by atoms with Gasteiger partial charge >= 0.3 is 0 Å². The lowest BCUT2D eigenvalue weighted by Gasteiger charge is -2.29. The van der Waals surface area contributed by atoms with Crippen LogP contribution in [0.2, 0.25) is 0 Å². The number of amidine groups is 1. The Morgan fingerprint density at radius 1 is 0.750 bits per heavy atom. The summed E-state index contributed by atoms with van der Waals surface area (Å²) in [5.74, 6) is 4.74. The molecular weight excluding hydrogens is 448 g/mol. The van der Waals surface area contributed by atoms with Crippen molar-refractivity contribution in [3.05, 3.63) is 94.5 Å². The molecule has 3 N–H and O–H groups in total. The number of carbonyl (C=O) groups excluding carboxylic acids is 2. The standard InChI is InChI=1S/C30H26N4O2/c1-3-21-8-15-25(16-9-21)32-30(36)26-20-22(4-2)10-17-27(26)33-29(35)24-13-11-23(12-14-24)28(31)34-18-6-5-7-19-34/h1-2,8-17,20,31H,5-7,18-19H2,(H,32,36)(H,33,35). The van der Waals surface area contributed by atoms with Crippen LogP contribution in [-0.4, -0.2) is 35.6 Å². The second kappa shape index (κ2) is 11.1. The van der Waals surface area contributed by atoms with E-state index >= 15 is 0 Å². The maximum atomic E-state index is 13.0. The van der Waals surface area contributed by atoms with E-state index in [1.165, 1.54) is 6.42 Å². The molecule has 178 valence electrons. The molecule has 6 heteroatoms. The fraction of sp³-hybridized carbons (Fsp3) is 0.167. The van der Waals surface area contributed by atoms with E-state index in [1.54, 1.807) is 66.7 Å². The molecule has 0 spiro atoms. The van der Waals surface area contributed by atoms with Crippen molar-refractivity contribution in [2.45, 2.75) is 19.3 Å². The Balaban J connectivity index is 1.50. The molecule has 0 unspecified atom stereocenters. The summed E-state index contributed by atoms with van der Waals surface area (Å²) in [6, 6.07) is 18.6. The average molecular weight is 475 g/mol. The number of rotatable bonds is 5. The molecule has 0 aliphatic carbocycles. The smallest absolute Gasteiger partial charge is 0.257 e. The van der Waals surface area contributed by atoms with E-state index in [0.717, 1.165) is 31.5 Å². The summed E-state index contributed by atoms with van der Waals surface area (Å²) in [7, 11) is 0. The maximum absolute atomic E-state index is 13.0. The number of anilines is 2. The molecule has 0 aromatic heterocycles. The molecule has 0 bridgehead atoms. The SMILES string of the molecule is C#Cc1ccc(NC(=O)c2cc(C#C)ccc2NC(=O)c2ccc(C(=N)N3CCCCC3)cc2)cc1. The van der Waals surface area contributed by atoms with Gasteiger partial charge in [-0.2, -0.15) is 0 Å². The molecule has 0 radical (unpaired) electrons. The lowest BCUT2D eigenvalue weighted by atomic mass is 10.1. The fourth-order valence-electron chi connectivity index (χ4n) is 4.05. The van der Waals surface area contributed by atoms with Crippen LogP contribution in [-0.2, 0) is 0 Å². The fourth-order valence-corrected chi connectivity index (χ4v) is 4.05. The largest absolute Gasteiger partial charge is 0.357 e. The molecule has 0 atom stereocenters. The number of nitrogens with one attached hydrogen (secondary N) is 3. The molecule has 6 nitrogen and oxygen atoms in total. The van der Waals surface area contributed by atoms with Gasteiger partial charge < -0.3 is 15.5 Å². The van der Waals surface area contributed by atoms with Crippen LogP contribution in [0.1, 0.15) is 56.7 Å². The van der Waals surface area contributed by atoms with Gasteiger partial charge in [-0.1, -0.05) is 24.0 Å². The summed E-state index contributed by atoms with van der Waals surface area (Å²) >= 11 is 0. The highest BCUT2D eigenvalue weighted by molar-refractivity contribution is 6.13. The molecule has 0 saturated carbocycles. The quantitative estimate of drug-likeness (QED) is 0.277. The van der Waals surface area contributed by atoms with Crippen LogP contribution >= 0.6 is 0 Å². The number of terminal acetylenes is 2. The number of hydrogen-bond donors (Lipinski definition) is 3.